The predicted molar refractivity (Wildman–Crippen MR) is 243 cm³/mol. The Labute approximate surface area is 378 Å². The van der Waals surface area contributed by atoms with E-state index in [2.05, 4.69) is 53.4 Å². The lowest BCUT2D eigenvalue weighted by molar-refractivity contribution is -0.0936. The molecule has 4 aromatic heterocycles. The van der Waals surface area contributed by atoms with Gasteiger partial charge in [0.1, 0.15) is 48.2 Å². The number of carbonyl (C=O) groups is 2. The molecule has 9 rings (SSSR count). The molecule has 3 aliphatic heterocycles. The summed E-state index contributed by atoms with van der Waals surface area (Å²) < 4.78 is 51.4. The number of ether oxygens (including phenoxy) is 3. The van der Waals surface area contributed by atoms with E-state index in [1.807, 2.05) is 32.9 Å². The number of alkyl halides is 3. The third kappa shape index (κ3) is 9.34. The third-order valence-corrected chi connectivity index (χ3v) is 13.8. The molecule has 0 aliphatic carbocycles. The van der Waals surface area contributed by atoms with Crippen molar-refractivity contribution in [2.45, 2.75) is 89.1 Å². The summed E-state index contributed by atoms with van der Waals surface area (Å²) in [7, 11) is 0. The van der Waals surface area contributed by atoms with Gasteiger partial charge in [0.2, 0.25) is 0 Å². The minimum atomic E-state index is -1.29. The maximum atomic E-state index is 15.2. The number of nitrogens with zero attached hydrogens (tertiary/aromatic N) is 6. The fourth-order valence-corrected chi connectivity index (χ4v) is 9.75. The Morgan fingerprint density at radius 1 is 0.714 bits per heavy atom. The summed E-state index contributed by atoms with van der Waals surface area (Å²) in [6.07, 6.45) is 2.44. The fraction of sp³-hybridized carbons (Fsp3) is 0.435. The highest BCUT2D eigenvalue weighted by molar-refractivity contribution is 14.1. The quantitative estimate of drug-likeness (QED) is 0.0894. The molecule has 3 fully saturated rings. The van der Waals surface area contributed by atoms with E-state index in [4.69, 9.17) is 14.2 Å². The largest absolute Gasteiger partial charge is 0.393 e. The van der Waals surface area contributed by atoms with Crippen molar-refractivity contribution < 1.29 is 37.7 Å². The van der Waals surface area contributed by atoms with Crippen molar-refractivity contribution >= 4 is 57.1 Å². The summed E-state index contributed by atoms with van der Waals surface area (Å²) in [6, 6.07) is 24.7. The number of anilines is 2. The Kier molecular flexibility index (Phi) is 14.8. The molecule has 3 saturated heterocycles. The SMILES string of the molecule is C1CCOC1.CC[C@@]1(CI)O[C@@H](c2ccc3c(NC(=O)c4ccccc4)ncnn23)[C@H](F)[C@@H]1C.CC[C@@]1(CO)O[C@@H](c2ccc3c(NC(=O)c4ccccc4)ncnn23)[C@H](F)[C@@H]1C. The highest BCUT2D eigenvalue weighted by Gasteiger charge is 2.54. The van der Waals surface area contributed by atoms with Crippen LogP contribution >= 0.6 is 22.6 Å². The molecule has 6 aromatic rings. The molecule has 0 spiro atoms. The van der Waals surface area contributed by atoms with Gasteiger partial charge in [-0.15, -0.1) is 0 Å². The Morgan fingerprint density at radius 3 is 1.49 bits per heavy atom. The first-order valence-corrected chi connectivity index (χ1v) is 22.8. The predicted octanol–water partition coefficient (Wildman–Crippen LogP) is 8.58. The summed E-state index contributed by atoms with van der Waals surface area (Å²) in [5.41, 5.74) is 1.88. The molecule has 0 radical (unpaired) electrons. The first kappa shape index (κ1) is 46.1. The zero-order valence-corrected chi connectivity index (χ0v) is 37.8. The summed E-state index contributed by atoms with van der Waals surface area (Å²) in [4.78, 5) is 33.4. The molecule has 14 nitrogen and oxygen atoms in total. The Hall–Kier alpha value is -4.95. The van der Waals surface area contributed by atoms with Crippen molar-refractivity contribution in [3.63, 3.8) is 0 Å². The lowest BCUT2D eigenvalue weighted by Gasteiger charge is -2.29. The van der Waals surface area contributed by atoms with Crippen molar-refractivity contribution in [3.05, 3.63) is 120 Å². The van der Waals surface area contributed by atoms with Crippen LogP contribution < -0.4 is 10.6 Å². The fourth-order valence-electron chi connectivity index (χ4n) is 8.33. The number of aromatic nitrogens is 6. The van der Waals surface area contributed by atoms with E-state index in [-0.39, 0.29) is 24.3 Å². The molecule has 17 heteroatoms. The smallest absolute Gasteiger partial charge is 0.256 e. The van der Waals surface area contributed by atoms with Crippen LogP contribution in [-0.4, -0.2) is 93.9 Å². The van der Waals surface area contributed by atoms with Crippen LogP contribution in [0.25, 0.3) is 11.0 Å². The van der Waals surface area contributed by atoms with Gasteiger partial charge < -0.3 is 30.0 Å². The lowest BCUT2D eigenvalue weighted by Crippen LogP contribution is -2.39. The number of rotatable bonds is 10. The van der Waals surface area contributed by atoms with Crippen LogP contribution in [0.3, 0.4) is 0 Å². The summed E-state index contributed by atoms with van der Waals surface area (Å²) in [5.74, 6) is -0.555. The van der Waals surface area contributed by atoms with Crippen LogP contribution in [0.15, 0.2) is 97.6 Å². The van der Waals surface area contributed by atoms with Gasteiger partial charge in [-0.2, -0.15) is 10.2 Å². The molecule has 0 saturated carbocycles. The van der Waals surface area contributed by atoms with Gasteiger partial charge in [-0.3, -0.25) is 9.59 Å². The van der Waals surface area contributed by atoms with Crippen LogP contribution in [0.2, 0.25) is 0 Å². The second-order valence-electron chi connectivity index (χ2n) is 16.0. The van der Waals surface area contributed by atoms with E-state index >= 15 is 8.78 Å². The van der Waals surface area contributed by atoms with Gasteiger partial charge in [0.15, 0.2) is 11.6 Å². The molecule has 0 bridgehead atoms. The maximum absolute atomic E-state index is 15.2. The average Bonchev–Trinajstić information content (AvgIpc) is 4.19. The number of benzene rings is 2. The van der Waals surface area contributed by atoms with E-state index in [0.29, 0.717) is 51.6 Å². The standard InChI is InChI=1S/C21H22FIN4O2.C21H23FN4O3.C4H8O/c1-3-21(11-23)13(2)17(22)18(29-21)15-9-10-16-19(24-12-25-27(15)16)26-20(28)14-7-5-4-6-8-14;1-3-21(11-27)13(2)17(22)18(29-21)15-9-10-16-19(23-12-24-26(15)16)25-20(28)14-7-5-4-6-8-14;1-2-4-5-3-1/h4-10,12-13,17-18H,3,11H2,1-2H3,(H,24,25,26,28);4-10,12-13,17-18,27H,3,11H2,1-2H3,(H,23,24,25,28);1-4H2/t2*13-,17+,18-,21-;/m00./s1. The second-order valence-corrected chi connectivity index (χ2v) is 16.7. The molecule has 3 N–H and O–H groups in total. The highest BCUT2D eigenvalue weighted by atomic mass is 127. The monoisotopic (exact) mass is 978 g/mol. The molecule has 2 aromatic carbocycles. The molecule has 0 unspecified atom stereocenters. The van der Waals surface area contributed by atoms with Crippen LogP contribution in [0.5, 0.6) is 0 Å². The van der Waals surface area contributed by atoms with E-state index in [1.54, 1.807) is 84.2 Å². The molecule has 3 aliphatic rings. The van der Waals surface area contributed by atoms with Gasteiger partial charge in [-0.1, -0.05) is 86.7 Å². The van der Waals surface area contributed by atoms with Crippen molar-refractivity contribution in [1.82, 2.24) is 29.2 Å². The summed E-state index contributed by atoms with van der Waals surface area (Å²) in [6.45, 7) is 9.30. The van der Waals surface area contributed by atoms with E-state index in [0.717, 1.165) is 24.1 Å². The van der Waals surface area contributed by atoms with Crippen LogP contribution in [-0.2, 0) is 14.2 Å². The number of hydrogen-bond acceptors (Lipinski definition) is 10. The van der Waals surface area contributed by atoms with Crippen molar-refractivity contribution in [1.29, 1.82) is 0 Å². The zero-order chi connectivity index (χ0) is 44.7. The number of aliphatic hydroxyl groups excluding tert-OH is 1. The van der Waals surface area contributed by atoms with Gasteiger partial charge in [0.25, 0.3) is 11.8 Å². The minimum absolute atomic E-state index is 0.223. The van der Waals surface area contributed by atoms with Crippen LogP contribution in [0.4, 0.5) is 20.4 Å². The minimum Gasteiger partial charge on any atom is -0.393 e. The van der Waals surface area contributed by atoms with Gasteiger partial charge in [0.05, 0.1) is 29.2 Å². The maximum Gasteiger partial charge on any atom is 0.256 e. The first-order chi connectivity index (χ1) is 30.5. The molecular formula is C46H53F2IN8O6. The Balaban J connectivity index is 0.000000170. The lowest BCUT2D eigenvalue weighted by atomic mass is 9.85. The number of aliphatic hydroxyl groups is 1. The zero-order valence-electron chi connectivity index (χ0n) is 35.7. The molecule has 63 heavy (non-hydrogen) atoms. The normalized spacial score (nSPS) is 26.5. The van der Waals surface area contributed by atoms with E-state index in [1.165, 1.54) is 30.0 Å². The molecule has 7 heterocycles. The first-order valence-electron chi connectivity index (χ1n) is 21.3. The Morgan fingerprint density at radius 2 is 1.14 bits per heavy atom. The van der Waals surface area contributed by atoms with Gasteiger partial charge >= 0.3 is 0 Å². The number of fused-ring (bicyclic) bond motifs is 2. The average molecular weight is 979 g/mol. The van der Waals surface area contributed by atoms with E-state index in [9.17, 15) is 14.7 Å². The molecule has 334 valence electrons. The van der Waals surface area contributed by atoms with Crippen molar-refractivity contribution in [2.75, 3.05) is 34.9 Å². The number of amides is 2. The van der Waals surface area contributed by atoms with Gasteiger partial charge in [-0.25, -0.2) is 27.8 Å². The number of halogens is 3. The van der Waals surface area contributed by atoms with Crippen LogP contribution in [0.1, 0.15) is 97.7 Å². The number of nitrogens with one attached hydrogen (secondary N) is 2. The third-order valence-electron chi connectivity index (χ3n) is 12.5. The topological polar surface area (TPSA) is 166 Å². The van der Waals surface area contributed by atoms with E-state index < -0.39 is 41.7 Å². The number of carbonyl (C=O) groups excluding carboxylic acids is 2. The molecule has 2 amide bonds. The van der Waals surface area contributed by atoms with Crippen molar-refractivity contribution in [3.8, 4) is 0 Å². The highest BCUT2D eigenvalue weighted by Crippen LogP contribution is 2.49. The Bertz CT molecular complexity index is 2290. The molecular weight excluding hydrogens is 925 g/mol. The second kappa shape index (κ2) is 20.3. The van der Waals surface area contributed by atoms with Crippen molar-refractivity contribution in [2.24, 2.45) is 11.8 Å². The van der Waals surface area contributed by atoms with Gasteiger partial charge in [-0.05, 0) is 74.2 Å². The van der Waals surface area contributed by atoms with Gasteiger partial charge in [0, 0.05) is 40.6 Å². The summed E-state index contributed by atoms with van der Waals surface area (Å²) >= 11 is 2.27. The molecule has 8 atom stereocenters. The summed E-state index contributed by atoms with van der Waals surface area (Å²) in [5, 5.41) is 23.9. The van der Waals surface area contributed by atoms with Crippen LogP contribution in [0, 0.1) is 11.8 Å². The number of hydrogen-bond donors (Lipinski definition) is 3.